The zero-order valence-corrected chi connectivity index (χ0v) is 18.6. The monoisotopic (exact) mass is 440 g/mol. The zero-order chi connectivity index (χ0) is 20.6. The maximum absolute atomic E-state index is 11.8. The fourth-order valence-corrected chi connectivity index (χ4v) is 5.08. The number of carbonyl (C=O) groups is 1. The van der Waals surface area contributed by atoms with Gasteiger partial charge in [-0.15, -0.1) is 23.2 Å². The second kappa shape index (κ2) is 11.5. The van der Waals surface area contributed by atoms with Gasteiger partial charge in [0.1, 0.15) is 0 Å². The molecule has 4 N–H and O–H groups in total. The van der Waals surface area contributed by atoms with Crippen LogP contribution >= 0.6 is 23.2 Å². The third kappa shape index (κ3) is 7.39. The van der Waals surface area contributed by atoms with Crippen molar-refractivity contribution in [3.8, 4) is 0 Å². The van der Waals surface area contributed by atoms with Gasteiger partial charge in [0.05, 0.1) is 22.3 Å². The first-order chi connectivity index (χ1) is 14.0. The van der Waals surface area contributed by atoms with E-state index in [1.54, 1.807) is 6.07 Å². The van der Waals surface area contributed by atoms with Crippen molar-refractivity contribution in [2.75, 3.05) is 0 Å². The zero-order valence-electron chi connectivity index (χ0n) is 17.1. The number of halogens is 2. The molecule has 3 rings (SSSR count). The molecule has 29 heavy (non-hydrogen) atoms. The number of primary amides is 1. The van der Waals surface area contributed by atoms with E-state index >= 15 is 0 Å². The largest absolute Gasteiger partial charge is 0.366 e. The Morgan fingerprint density at radius 3 is 2.00 bits per heavy atom. The van der Waals surface area contributed by atoms with Crippen molar-refractivity contribution in [1.82, 2.24) is 15.6 Å². The minimum atomic E-state index is -0.438. The summed E-state index contributed by atoms with van der Waals surface area (Å²) < 4.78 is 0. The number of nitrogens with two attached hydrogens (primary N) is 1. The van der Waals surface area contributed by atoms with E-state index in [1.165, 1.54) is 51.4 Å². The Kier molecular flexibility index (Phi) is 9.04. The summed E-state index contributed by atoms with van der Waals surface area (Å²) in [5, 5.41) is 6.99. The number of carbonyl (C=O) groups excluding carboxylic acids is 1. The van der Waals surface area contributed by atoms with Gasteiger partial charge in [0.2, 0.25) is 0 Å². The molecule has 0 aliphatic heterocycles. The highest BCUT2D eigenvalue weighted by molar-refractivity contribution is 6.20. The molecule has 5 nitrogen and oxygen atoms in total. The van der Waals surface area contributed by atoms with Crippen LogP contribution in [0.4, 0.5) is 0 Å². The minimum absolute atomic E-state index is 0.0537. The van der Waals surface area contributed by atoms with Gasteiger partial charge in [-0.05, 0) is 63.5 Å². The summed E-state index contributed by atoms with van der Waals surface area (Å²) in [6.07, 6.45) is 12.9. The Labute approximate surface area is 184 Å². The van der Waals surface area contributed by atoms with Gasteiger partial charge in [0.15, 0.2) is 0 Å². The Hall–Kier alpha value is -0.880. The van der Waals surface area contributed by atoms with Crippen LogP contribution in [0.15, 0.2) is 12.1 Å². The Morgan fingerprint density at radius 2 is 1.48 bits per heavy atom. The molecule has 0 spiro atoms. The lowest BCUT2D eigenvalue weighted by Gasteiger charge is -2.18. The van der Waals surface area contributed by atoms with Crippen LogP contribution in [0.3, 0.4) is 0 Å². The van der Waals surface area contributed by atoms with Gasteiger partial charge in [-0.3, -0.25) is 20.4 Å². The Bertz CT molecular complexity index is 660. The maximum atomic E-state index is 11.8. The molecule has 0 radical (unpaired) electrons. The van der Waals surface area contributed by atoms with E-state index < -0.39 is 5.91 Å². The number of amides is 1. The number of hydrogen-bond acceptors (Lipinski definition) is 4. The number of aryl methyl sites for hydroxylation is 2. The molecule has 2 aliphatic carbocycles. The quantitative estimate of drug-likeness (QED) is 0.355. The molecule has 162 valence electrons. The smallest absolute Gasteiger partial charge is 0.250 e. The lowest BCUT2D eigenvalue weighted by Crippen LogP contribution is -2.33. The first-order valence-electron chi connectivity index (χ1n) is 11.1. The average Bonchev–Trinajstić information content (AvgIpc) is 3.39. The lowest BCUT2D eigenvalue weighted by molar-refractivity contribution is 0.0999. The predicted molar refractivity (Wildman–Crippen MR) is 119 cm³/mol. The predicted octanol–water partition coefficient (Wildman–Crippen LogP) is 4.24. The molecular formula is C22H34Cl2N4O. The molecule has 0 aromatic carbocycles. The van der Waals surface area contributed by atoms with E-state index in [-0.39, 0.29) is 11.0 Å². The lowest BCUT2D eigenvalue weighted by atomic mass is 10.1. The minimum Gasteiger partial charge on any atom is -0.366 e. The molecule has 2 aliphatic rings. The summed E-state index contributed by atoms with van der Waals surface area (Å²) in [4.78, 5) is 16.5. The van der Waals surface area contributed by atoms with Crippen molar-refractivity contribution in [1.29, 1.82) is 0 Å². The van der Waals surface area contributed by atoms with E-state index in [2.05, 4.69) is 10.6 Å². The van der Waals surface area contributed by atoms with Crippen molar-refractivity contribution in [3.63, 3.8) is 0 Å². The molecule has 2 saturated carbocycles. The summed E-state index contributed by atoms with van der Waals surface area (Å²) in [6.45, 7) is 0. The van der Waals surface area contributed by atoms with E-state index in [4.69, 9.17) is 33.9 Å². The van der Waals surface area contributed by atoms with Gasteiger partial charge in [0, 0.05) is 17.8 Å². The maximum Gasteiger partial charge on any atom is 0.250 e. The van der Waals surface area contributed by atoms with Crippen LogP contribution in [0.25, 0.3) is 0 Å². The van der Waals surface area contributed by atoms with Crippen LogP contribution in [0, 0.1) is 0 Å². The molecule has 2 unspecified atom stereocenters. The molecule has 0 saturated heterocycles. The highest BCUT2D eigenvalue weighted by Crippen LogP contribution is 2.21. The van der Waals surface area contributed by atoms with E-state index in [1.807, 2.05) is 6.07 Å². The Morgan fingerprint density at radius 1 is 0.966 bits per heavy atom. The van der Waals surface area contributed by atoms with Gasteiger partial charge < -0.3 is 5.73 Å². The van der Waals surface area contributed by atoms with Crippen LogP contribution < -0.4 is 16.4 Å². The number of pyridine rings is 1. The van der Waals surface area contributed by atoms with Gasteiger partial charge in [-0.25, -0.2) is 0 Å². The van der Waals surface area contributed by atoms with Crippen LogP contribution in [0.5, 0.6) is 0 Å². The van der Waals surface area contributed by atoms with Crippen molar-refractivity contribution in [2.24, 2.45) is 5.73 Å². The first kappa shape index (κ1) is 22.8. The average molecular weight is 441 g/mol. The normalized spacial score (nSPS) is 20.2. The van der Waals surface area contributed by atoms with Crippen molar-refractivity contribution in [2.45, 2.75) is 100 Å². The standard InChI is InChI=1S/C22H34Cl2N4O/c23-20(27-15-5-1-2-6-15)13-10-17-9-11-18(22(25)29)19(26-17)12-14-21(24)28-16-7-3-4-8-16/h9,11,15-16,20-21,27-28H,1-8,10,12-14H2,(H2,25,29). The summed E-state index contributed by atoms with van der Waals surface area (Å²) in [6, 6.07) is 4.74. The Balaban J connectivity index is 1.52. The SMILES string of the molecule is NC(=O)c1ccc(CCC(Cl)NC2CCCC2)nc1CCC(Cl)NC1CCCC1. The molecule has 1 aromatic heterocycles. The van der Waals surface area contributed by atoms with Gasteiger partial charge in [-0.2, -0.15) is 0 Å². The summed E-state index contributed by atoms with van der Waals surface area (Å²) in [7, 11) is 0. The molecule has 1 aromatic rings. The third-order valence-corrected chi connectivity index (χ3v) is 6.82. The van der Waals surface area contributed by atoms with Crippen LogP contribution in [0.2, 0.25) is 0 Å². The van der Waals surface area contributed by atoms with E-state index in [0.717, 1.165) is 30.7 Å². The van der Waals surface area contributed by atoms with Crippen LogP contribution in [0.1, 0.15) is 86.0 Å². The van der Waals surface area contributed by atoms with Crippen molar-refractivity contribution in [3.05, 3.63) is 29.1 Å². The van der Waals surface area contributed by atoms with E-state index in [9.17, 15) is 4.79 Å². The highest BCUT2D eigenvalue weighted by atomic mass is 35.5. The second-order valence-electron chi connectivity index (χ2n) is 8.47. The number of aromatic nitrogens is 1. The van der Waals surface area contributed by atoms with Crippen LogP contribution in [-0.4, -0.2) is 34.0 Å². The molecule has 2 fully saturated rings. The molecule has 0 bridgehead atoms. The molecule has 1 amide bonds. The summed E-state index contributed by atoms with van der Waals surface area (Å²) in [5.41, 5.74) is 7.56. The highest BCUT2D eigenvalue weighted by Gasteiger charge is 2.20. The number of alkyl halides is 2. The van der Waals surface area contributed by atoms with Crippen molar-refractivity contribution < 1.29 is 4.79 Å². The molecular weight excluding hydrogens is 407 g/mol. The second-order valence-corrected chi connectivity index (χ2v) is 9.52. The molecule has 7 heteroatoms. The fourth-order valence-electron chi connectivity index (χ4n) is 4.50. The number of hydrogen-bond donors (Lipinski definition) is 3. The molecule has 2 atom stereocenters. The van der Waals surface area contributed by atoms with Gasteiger partial charge in [-0.1, -0.05) is 25.7 Å². The fraction of sp³-hybridized carbons (Fsp3) is 0.727. The number of nitrogens with one attached hydrogen (secondary N) is 2. The molecule has 1 heterocycles. The van der Waals surface area contributed by atoms with Gasteiger partial charge in [0.25, 0.3) is 5.91 Å². The summed E-state index contributed by atoms with van der Waals surface area (Å²) >= 11 is 13.0. The topological polar surface area (TPSA) is 80.0 Å². The van der Waals surface area contributed by atoms with E-state index in [0.29, 0.717) is 24.1 Å². The third-order valence-electron chi connectivity index (χ3n) is 6.13. The first-order valence-corrected chi connectivity index (χ1v) is 12.0. The number of rotatable bonds is 11. The van der Waals surface area contributed by atoms with Crippen molar-refractivity contribution >= 4 is 29.1 Å². The summed E-state index contributed by atoms with van der Waals surface area (Å²) in [5.74, 6) is -0.438. The van der Waals surface area contributed by atoms with Gasteiger partial charge >= 0.3 is 0 Å². The number of nitrogens with zero attached hydrogens (tertiary/aromatic N) is 1. The van der Waals surface area contributed by atoms with Crippen LogP contribution in [-0.2, 0) is 12.8 Å².